The van der Waals surface area contributed by atoms with E-state index in [1.807, 2.05) is 11.0 Å². The van der Waals surface area contributed by atoms with Gasteiger partial charge in [-0.05, 0) is 30.4 Å². The Bertz CT molecular complexity index is 1560. The number of ether oxygens (including phenoxy) is 1. The summed E-state index contributed by atoms with van der Waals surface area (Å²) < 4.78 is 21.6. The maximum Gasteiger partial charge on any atom is 0.269 e. The molecular weight excluding hydrogens is 522 g/mol. The van der Waals surface area contributed by atoms with Crippen molar-refractivity contribution in [3.8, 4) is 11.3 Å². The summed E-state index contributed by atoms with van der Waals surface area (Å²) in [5, 5.41) is 7.41. The van der Waals surface area contributed by atoms with E-state index in [0.717, 1.165) is 24.9 Å². The van der Waals surface area contributed by atoms with Crippen LogP contribution in [0.25, 0.3) is 22.4 Å². The van der Waals surface area contributed by atoms with Gasteiger partial charge >= 0.3 is 0 Å². The first kappa shape index (κ1) is 25.3. The molecule has 0 spiro atoms. The molecule has 2 atom stereocenters. The first-order chi connectivity index (χ1) is 19.0. The standard InChI is InChI=1S/C26H29N7O5S/c27-16-3-1-2-4-17(16)30-14-9-19(23(26(28)35)29-12-14)31-21-10-18(32-39-21)15-13-37-25-20(34)11-22(38-24(15)25)33-5-7-36-8-6-33/h9-13,16-17,30-31H,1-8,27H2,(H2,28,35)/p+1/t16-,17+/m1/s1. The number of carbonyl (C=O) groups excluding carboxylic acids is 1. The van der Waals surface area contributed by atoms with Crippen molar-refractivity contribution in [3.63, 3.8) is 0 Å². The van der Waals surface area contributed by atoms with Gasteiger partial charge in [-0.2, -0.15) is 4.37 Å². The third-order valence-corrected chi connectivity index (χ3v) is 7.88. The van der Waals surface area contributed by atoms with Crippen molar-refractivity contribution in [1.29, 1.82) is 0 Å². The molecule has 0 radical (unpaired) electrons. The average molecular weight is 553 g/mol. The van der Waals surface area contributed by atoms with Crippen LogP contribution >= 0.6 is 11.5 Å². The highest BCUT2D eigenvalue weighted by atomic mass is 32.1. The summed E-state index contributed by atoms with van der Waals surface area (Å²) in [7, 11) is 0. The molecular formula is C26H30N7O5S+. The fraction of sp³-hybridized carbons (Fsp3) is 0.385. The number of morpholine rings is 1. The summed E-state index contributed by atoms with van der Waals surface area (Å²) in [6.45, 7) is 2.40. The van der Waals surface area contributed by atoms with Crippen LogP contribution in [0.1, 0.15) is 36.2 Å². The van der Waals surface area contributed by atoms with Crippen molar-refractivity contribution in [2.75, 3.05) is 41.8 Å². The second-order valence-corrected chi connectivity index (χ2v) is 10.6. The fourth-order valence-corrected chi connectivity index (χ4v) is 5.76. The second-order valence-electron chi connectivity index (χ2n) is 9.84. The maximum absolute atomic E-state index is 12.7. The van der Waals surface area contributed by atoms with E-state index < -0.39 is 5.91 Å². The molecule has 2 fully saturated rings. The van der Waals surface area contributed by atoms with Crippen LogP contribution in [0.4, 0.5) is 22.3 Å². The molecule has 7 N–H and O–H groups in total. The normalized spacial score (nSPS) is 19.8. The Hall–Kier alpha value is -3.94. The number of rotatable bonds is 7. The molecule has 4 aromatic rings. The number of pyridine rings is 1. The van der Waals surface area contributed by atoms with Gasteiger partial charge in [-0.15, -0.1) is 0 Å². The Labute approximate surface area is 227 Å². The minimum Gasteiger partial charge on any atom is -0.456 e. The molecule has 0 aromatic carbocycles. The molecule has 4 aromatic heterocycles. The van der Waals surface area contributed by atoms with Gasteiger partial charge in [0, 0.05) is 25.6 Å². The number of anilines is 4. The number of carbonyl (C=O) groups is 1. The summed E-state index contributed by atoms with van der Waals surface area (Å²) in [4.78, 5) is 31.1. The summed E-state index contributed by atoms with van der Waals surface area (Å²) in [6.07, 6.45) is 7.55. The first-order valence-corrected chi connectivity index (χ1v) is 13.8. The van der Waals surface area contributed by atoms with Crippen LogP contribution < -0.4 is 32.4 Å². The Balaban J connectivity index is 1.28. The maximum atomic E-state index is 12.7. The molecule has 1 saturated carbocycles. The number of nitrogens with two attached hydrogens (primary N) is 1. The molecule has 204 valence electrons. The molecule has 1 saturated heterocycles. The topological polar surface area (TPSA) is 176 Å². The minimum atomic E-state index is -0.639. The number of quaternary nitrogens is 1. The Morgan fingerprint density at radius 3 is 2.77 bits per heavy atom. The number of amides is 1. The van der Waals surface area contributed by atoms with Crippen LogP contribution in [0.3, 0.4) is 0 Å². The number of primary amides is 1. The van der Waals surface area contributed by atoms with Crippen LogP contribution in [0.2, 0.25) is 0 Å². The smallest absolute Gasteiger partial charge is 0.269 e. The number of furan rings is 1. The lowest BCUT2D eigenvalue weighted by Gasteiger charge is -2.27. The van der Waals surface area contributed by atoms with Crippen molar-refractivity contribution in [2.45, 2.75) is 37.8 Å². The summed E-state index contributed by atoms with van der Waals surface area (Å²) in [6, 6.07) is 5.62. The van der Waals surface area contributed by atoms with Crippen LogP contribution in [0.15, 0.2) is 44.3 Å². The van der Waals surface area contributed by atoms with Gasteiger partial charge in [0.2, 0.25) is 11.0 Å². The van der Waals surface area contributed by atoms with E-state index in [2.05, 4.69) is 25.7 Å². The van der Waals surface area contributed by atoms with Crippen molar-refractivity contribution >= 4 is 50.9 Å². The van der Waals surface area contributed by atoms with Gasteiger partial charge in [-0.25, -0.2) is 4.98 Å². The second kappa shape index (κ2) is 10.7. The van der Waals surface area contributed by atoms with E-state index in [1.54, 1.807) is 12.3 Å². The quantitative estimate of drug-likeness (QED) is 0.266. The number of aromatic nitrogens is 2. The zero-order valence-corrected chi connectivity index (χ0v) is 22.1. The van der Waals surface area contributed by atoms with Gasteiger partial charge in [0.25, 0.3) is 5.91 Å². The Morgan fingerprint density at radius 1 is 1.15 bits per heavy atom. The molecule has 5 heterocycles. The lowest BCUT2D eigenvalue weighted by atomic mass is 9.91. The lowest BCUT2D eigenvalue weighted by molar-refractivity contribution is -0.427. The summed E-state index contributed by atoms with van der Waals surface area (Å²) in [5.74, 6) is -0.171. The molecule has 1 aliphatic heterocycles. The van der Waals surface area contributed by atoms with Gasteiger partial charge in [0.1, 0.15) is 17.3 Å². The summed E-state index contributed by atoms with van der Waals surface area (Å²) in [5.41, 5.74) is 12.6. The molecule has 6 rings (SSSR count). The zero-order chi connectivity index (χ0) is 26.9. The number of nitrogens with one attached hydrogen (secondary N) is 2. The average Bonchev–Trinajstić information content (AvgIpc) is 3.58. The SMILES string of the molecule is NC(=O)c1ncc(N[C@H]2CCCC[C@H]2[NH3+])cc1Nc1cc(-c2coc3c(=O)cc(N4CCOCC4)oc23)ns1. The number of hydrogen-bond acceptors (Lipinski definition) is 11. The lowest BCUT2D eigenvalue weighted by Crippen LogP contribution is -2.68. The van der Waals surface area contributed by atoms with E-state index in [1.165, 1.54) is 30.3 Å². The molecule has 12 nitrogen and oxygen atoms in total. The number of nitrogens with zero attached hydrogens (tertiary/aromatic N) is 3. The molecule has 2 aliphatic rings. The third kappa shape index (κ3) is 5.20. The highest BCUT2D eigenvalue weighted by Gasteiger charge is 2.25. The van der Waals surface area contributed by atoms with Crippen molar-refractivity contribution in [2.24, 2.45) is 5.73 Å². The van der Waals surface area contributed by atoms with Crippen LogP contribution in [-0.4, -0.2) is 53.7 Å². The van der Waals surface area contributed by atoms with Crippen molar-refractivity contribution < 1.29 is 24.1 Å². The molecule has 1 amide bonds. The third-order valence-electron chi connectivity index (χ3n) is 7.18. The predicted molar refractivity (Wildman–Crippen MR) is 147 cm³/mol. The highest BCUT2D eigenvalue weighted by molar-refractivity contribution is 7.10. The van der Waals surface area contributed by atoms with Gasteiger partial charge < -0.3 is 40.6 Å². The van der Waals surface area contributed by atoms with Crippen LogP contribution in [0.5, 0.6) is 0 Å². The predicted octanol–water partition coefficient (Wildman–Crippen LogP) is 2.55. The fourth-order valence-electron chi connectivity index (χ4n) is 5.09. The van der Waals surface area contributed by atoms with Gasteiger partial charge in [-0.1, -0.05) is 6.42 Å². The molecule has 0 bridgehead atoms. The molecule has 0 unspecified atom stereocenters. The van der Waals surface area contributed by atoms with E-state index in [9.17, 15) is 9.59 Å². The van der Waals surface area contributed by atoms with Gasteiger partial charge in [-0.3, -0.25) is 9.59 Å². The van der Waals surface area contributed by atoms with E-state index in [4.69, 9.17) is 19.3 Å². The summed E-state index contributed by atoms with van der Waals surface area (Å²) >= 11 is 1.19. The Morgan fingerprint density at radius 2 is 1.97 bits per heavy atom. The van der Waals surface area contributed by atoms with Crippen molar-refractivity contribution in [3.05, 3.63) is 46.6 Å². The van der Waals surface area contributed by atoms with E-state index >= 15 is 0 Å². The van der Waals surface area contributed by atoms with Gasteiger partial charge in [0.05, 0.1) is 54.2 Å². The monoisotopic (exact) mass is 552 g/mol. The van der Waals surface area contributed by atoms with Gasteiger partial charge in [0.15, 0.2) is 17.2 Å². The zero-order valence-electron chi connectivity index (χ0n) is 21.3. The molecule has 13 heteroatoms. The Kier molecular flexibility index (Phi) is 6.94. The largest absolute Gasteiger partial charge is 0.456 e. The highest BCUT2D eigenvalue weighted by Crippen LogP contribution is 2.35. The minimum absolute atomic E-state index is 0.125. The van der Waals surface area contributed by atoms with Crippen molar-refractivity contribution in [1.82, 2.24) is 9.36 Å². The van der Waals surface area contributed by atoms with Crippen LogP contribution in [-0.2, 0) is 4.74 Å². The number of fused-ring (bicyclic) bond motifs is 1. The first-order valence-electron chi connectivity index (χ1n) is 13.0. The molecule has 1 aliphatic carbocycles. The van der Waals surface area contributed by atoms with E-state index in [0.29, 0.717) is 65.8 Å². The number of hydrogen-bond donors (Lipinski definition) is 4. The van der Waals surface area contributed by atoms with E-state index in [-0.39, 0.29) is 22.7 Å². The molecule has 39 heavy (non-hydrogen) atoms. The van der Waals surface area contributed by atoms with Crippen LogP contribution in [0, 0.1) is 0 Å².